The second-order valence-electron chi connectivity index (χ2n) is 8.00. The van der Waals surface area contributed by atoms with Crippen molar-refractivity contribution in [2.75, 3.05) is 12.4 Å². The topological polar surface area (TPSA) is 79.4 Å². The van der Waals surface area contributed by atoms with E-state index in [9.17, 15) is 13.2 Å². The van der Waals surface area contributed by atoms with E-state index >= 15 is 0 Å². The first-order valence-corrected chi connectivity index (χ1v) is 12.5. The van der Waals surface area contributed by atoms with Gasteiger partial charge in [-0.3, -0.25) is 10.1 Å². The molecule has 3 aromatic carbocycles. The van der Waals surface area contributed by atoms with E-state index in [1.54, 1.807) is 7.05 Å². The lowest BCUT2D eigenvalue weighted by Crippen LogP contribution is -2.33. The Morgan fingerprint density at radius 1 is 1.00 bits per heavy atom. The van der Waals surface area contributed by atoms with Crippen molar-refractivity contribution in [2.45, 2.75) is 24.8 Å². The molecular formula is C24H21N3O3S2. The van der Waals surface area contributed by atoms with Crippen LogP contribution in [0.5, 0.6) is 0 Å². The summed E-state index contributed by atoms with van der Waals surface area (Å²) >= 11 is 1.44. The van der Waals surface area contributed by atoms with Crippen LogP contribution in [0, 0.1) is 0 Å². The molecule has 1 N–H and O–H groups in total. The molecule has 32 heavy (non-hydrogen) atoms. The summed E-state index contributed by atoms with van der Waals surface area (Å²) < 4.78 is 26.5. The highest BCUT2D eigenvalue weighted by atomic mass is 32.2. The standard InChI is InChI=1S/C24H21N3O3S2/c1-14(2)27(3)32(29,30)17-12-10-16(11-13-17)23(28)26-24-25-21-18-8-4-6-15-7-5-9-19(20(15)18)22(21)31-24/h4-14H,1-3H3,(H,25,26,28). The second-order valence-corrected chi connectivity index (χ2v) is 11.0. The van der Waals surface area contributed by atoms with E-state index in [4.69, 9.17) is 0 Å². The van der Waals surface area contributed by atoms with Crippen LogP contribution < -0.4 is 5.32 Å². The zero-order valence-corrected chi connectivity index (χ0v) is 19.4. The van der Waals surface area contributed by atoms with E-state index in [2.05, 4.69) is 34.6 Å². The third-order valence-corrected chi connectivity index (χ3v) is 8.82. The van der Waals surface area contributed by atoms with Crippen LogP contribution in [-0.2, 0) is 10.0 Å². The maximum absolute atomic E-state index is 12.8. The molecule has 0 spiro atoms. The van der Waals surface area contributed by atoms with Gasteiger partial charge < -0.3 is 0 Å². The van der Waals surface area contributed by atoms with Gasteiger partial charge in [0.1, 0.15) is 0 Å². The number of sulfonamides is 1. The predicted molar refractivity (Wildman–Crippen MR) is 129 cm³/mol. The van der Waals surface area contributed by atoms with Crippen LogP contribution in [0.15, 0.2) is 65.6 Å². The van der Waals surface area contributed by atoms with Crippen LogP contribution in [0.4, 0.5) is 5.13 Å². The van der Waals surface area contributed by atoms with E-state index in [1.165, 1.54) is 50.7 Å². The molecule has 6 nitrogen and oxygen atoms in total. The van der Waals surface area contributed by atoms with E-state index in [-0.39, 0.29) is 16.8 Å². The Labute approximate surface area is 190 Å². The summed E-state index contributed by atoms with van der Waals surface area (Å²) in [5.74, 6) is -0.329. The van der Waals surface area contributed by atoms with Gasteiger partial charge in [-0.15, -0.1) is 0 Å². The molecule has 0 saturated heterocycles. The molecule has 1 amide bonds. The van der Waals surface area contributed by atoms with Crippen molar-refractivity contribution >= 4 is 43.2 Å². The monoisotopic (exact) mass is 463 g/mol. The van der Waals surface area contributed by atoms with Gasteiger partial charge in [-0.05, 0) is 48.9 Å². The van der Waals surface area contributed by atoms with Gasteiger partial charge in [-0.1, -0.05) is 47.7 Å². The minimum atomic E-state index is -3.59. The highest BCUT2D eigenvalue weighted by Crippen LogP contribution is 2.50. The van der Waals surface area contributed by atoms with Crippen LogP contribution in [-0.4, -0.2) is 36.7 Å². The normalized spacial score (nSPS) is 12.5. The largest absolute Gasteiger partial charge is 0.298 e. The Morgan fingerprint density at radius 3 is 2.31 bits per heavy atom. The zero-order valence-electron chi connectivity index (χ0n) is 17.8. The fourth-order valence-corrected chi connectivity index (χ4v) is 6.23. The maximum atomic E-state index is 12.8. The third kappa shape index (κ3) is 3.23. The summed E-state index contributed by atoms with van der Waals surface area (Å²) in [6.45, 7) is 3.62. The molecule has 0 bridgehead atoms. The van der Waals surface area contributed by atoms with Gasteiger partial charge in [0.15, 0.2) is 5.13 Å². The van der Waals surface area contributed by atoms with Crippen molar-refractivity contribution in [3.63, 3.8) is 0 Å². The number of nitrogens with zero attached hydrogens (tertiary/aromatic N) is 2. The van der Waals surface area contributed by atoms with Gasteiger partial charge in [0, 0.05) is 29.8 Å². The molecule has 1 aliphatic rings. The van der Waals surface area contributed by atoms with Crippen molar-refractivity contribution in [3.05, 3.63) is 66.2 Å². The minimum Gasteiger partial charge on any atom is -0.298 e. The van der Waals surface area contributed by atoms with Crippen molar-refractivity contribution in [3.8, 4) is 21.7 Å². The number of benzene rings is 3. The summed E-state index contributed by atoms with van der Waals surface area (Å²) in [6.07, 6.45) is 0. The smallest absolute Gasteiger partial charge is 0.257 e. The average Bonchev–Trinajstić information content (AvgIpc) is 3.32. The quantitative estimate of drug-likeness (QED) is 0.387. The summed E-state index contributed by atoms with van der Waals surface area (Å²) in [7, 11) is -2.05. The van der Waals surface area contributed by atoms with Crippen LogP contribution in [0.25, 0.3) is 32.5 Å². The molecule has 8 heteroatoms. The summed E-state index contributed by atoms with van der Waals surface area (Å²) in [4.78, 5) is 18.7. The first-order chi connectivity index (χ1) is 15.3. The molecule has 1 aromatic heterocycles. The highest BCUT2D eigenvalue weighted by Gasteiger charge is 2.26. The summed E-state index contributed by atoms with van der Waals surface area (Å²) in [5, 5.41) is 5.75. The highest BCUT2D eigenvalue weighted by molar-refractivity contribution is 7.89. The Hall–Kier alpha value is -3.07. The van der Waals surface area contributed by atoms with E-state index < -0.39 is 10.0 Å². The first kappa shape index (κ1) is 20.8. The van der Waals surface area contributed by atoms with Crippen LogP contribution in [0.1, 0.15) is 24.2 Å². The third-order valence-electron chi connectivity index (χ3n) is 5.77. The van der Waals surface area contributed by atoms with Crippen molar-refractivity contribution < 1.29 is 13.2 Å². The minimum absolute atomic E-state index is 0.156. The fraction of sp³-hybridized carbons (Fsp3) is 0.167. The molecule has 0 unspecified atom stereocenters. The Balaban J connectivity index is 1.39. The molecule has 1 aliphatic carbocycles. The number of amides is 1. The van der Waals surface area contributed by atoms with Crippen LogP contribution in [0.2, 0.25) is 0 Å². The number of anilines is 1. The van der Waals surface area contributed by atoms with Crippen molar-refractivity contribution in [1.82, 2.24) is 9.29 Å². The summed E-state index contributed by atoms with van der Waals surface area (Å²) in [6, 6.07) is 18.2. The fourth-order valence-electron chi connectivity index (χ4n) is 3.86. The number of hydrogen-bond acceptors (Lipinski definition) is 5. The molecule has 162 valence electrons. The molecule has 5 rings (SSSR count). The average molecular weight is 464 g/mol. The van der Waals surface area contributed by atoms with E-state index in [1.807, 2.05) is 26.0 Å². The Kier molecular flexibility index (Phi) is 4.88. The number of aromatic nitrogens is 1. The lowest BCUT2D eigenvalue weighted by Gasteiger charge is -2.21. The number of rotatable bonds is 5. The zero-order chi connectivity index (χ0) is 22.6. The number of hydrogen-bond donors (Lipinski definition) is 1. The van der Waals surface area contributed by atoms with Gasteiger partial charge in [0.25, 0.3) is 5.91 Å². The molecular weight excluding hydrogens is 442 g/mol. The first-order valence-electron chi connectivity index (χ1n) is 10.2. The second kappa shape index (κ2) is 7.51. The van der Waals surface area contributed by atoms with Gasteiger partial charge in [0.2, 0.25) is 10.0 Å². The van der Waals surface area contributed by atoms with Gasteiger partial charge in [-0.25, -0.2) is 13.4 Å². The lowest BCUT2D eigenvalue weighted by atomic mass is 10.0. The number of nitrogens with one attached hydrogen (secondary N) is 1. The number of carbonyl (C=O) groups excluding carboxylic acids is 1. The van der Waals surface area contributed by atoms with Crippen LogP contribution >= 0.6 is 11.3 Å². The Bertz CT molecular complexity index is 1420. The van der Waals surface area contributed by atoms with Gasteiger partial charge in [-0.2, -0.15) is 4.31 Å². The molecule has 0 aliphatic heterocycles. The maximum Gasteiger partial charge on any atom is 0.257 e. The molecule has 4 aromatic rings. The Morgan fingerprint density at radius 2 is 1.66 bits per heavy atom. The van der Waals surface area contributed by atoms with Crippen LogP contribution in [0.3, 0.4) is 0 Å². The van der Waals surface area contributed by atoms with Crippen molar-refractivity contribution in [1.29, 1.82) is 0 Å². The van der Waals surface area contributed by atoms with E-state index in [0.717, 1.165) is 21.7 Å². The lowest BCUT2D eigenvalue weighted by molar-refractivity contribution is 0.102. The molecule has 0 saturated carbocycles. The number of fused-ring (bicyclic) bond motifs is 3. The van der Waals surface area contributed by atoms with E-state index in [0.29, 0.717) is 10.7 Å². The SMILES string of the molecule is CC(C)N(C)S(=O)(=O)c1ccc(C(=O)Nc2nc3c(s2)-c2cccc4cccc-3c24)cc1. The summed E-state index contributed by atoms with van der Waals surface area (Å²) in [5.41, 5.74) is 3.47. The number of thiazole rings is 1. The predicted octanol–water partition coefficient (Wildman–Crippen LogP) is 5.22. The molecule has 0 atom stereocenters. The number of carbonyl (C=O) groups is 1. The molecule has 1 heterocycles. The van der Waals surface area contributed by atoms with Gasteiger partial charge >= 0.3 is 0 Å². The molecule has 0 fully saturated rings. The van der Waals surface area contributed by atoms with Crippen molar-refractivity contribution in [2.24, 2.45) is 0 Å². The van der Waals surface area contributed by atoms with Gasteiger partial charge in [0.05, 0.1) is 15.5 Å². The molecule has 0 radical (unpaired) electrons.